The first-order valence-corrected chi connectivity index (χ1v) is 24.6. The van der Waals surface area contributed by atoms with E-state index in [-0.39, 0.29) is 49.0 Å². The molecule has 2 bridgehead atoms. The number of nitrogens with zero attached hydrogens (tertiary/aromatic N) is 2. The van der Waals surface area contributed by atoms with Gasteiger partial charge < -0.3 is 63.2 Å². The molecule has 23 nitrogen and oxygen atoms in total. The molecule has 0 aromatic rings. The van der Waals surface area contributed by atoms with Crippen LogP contribution in [0.3, 0.4) is 0 Å². The molecule has 0 spiro atoms. The van der Waals surface area contributed by atoms with Crippen molar-refractivity contribution in [2.24, 2.45) is 41.2 Å². The summed E-state index contributed by atoms with van der Waals surface area (Å²) in [7, 11) is 0. The van der Waals surface area contributed by atoms with E-state index >= 15 is 0 Å². The van der Waals surface area contributed by atoms with E-state index in [0.29, 0.717) is 51.1 Å². The number of amides is 10. The van der Waals surface area contributed by atoms with Gasteiger partial charge in [0.2, 0.25) is 59.1 Å². The van der Waals surface area contributed by atoms with Gasteiger partial charge in [0.05, 0.1) is 19.6 Å². The van der Waals surface area contributed by atoms with Crippen LogP contribution in [0.25, 0.3) is 0 Å². The second-order valence-corrected chi connectivity index (χ2v) is 19.7. The van der Waals surface area contributed by atoms with Crippen LogP contribution in [-0.2, 0) is 52.7 Å². The van der Waals surface area contributed by atoms with Gasteiger partial charge in [0.1, 0.15) is 42.8 Å². The van der Waals surface area contributed by atoms with Gasteiger partial charge in [-0.3, -0.25) is 52.7 Å². The van der Waals surface area contributed by atoms with E-state index < -0.39 is 127 Å². The molecule has 0 aromatic carbocycles. The van der Waals surface area contributed by atoms with E-state index in [1.807, 2.05) is 13.8 Å². The highest BCUT2D eigenvalue weighted by Gasteiger charge is 2.44. The lowest BCUT2D eigenvalue weighted by molar-refractivity contribution is -0.143. The molecule has 23 heteroatoms. The van der Waals surface area contributed by atoms with Crippen LogP contribution in [0.15, 0.2) is 12.2 Å². The lowest BCUT2D eigenvalue weighted by Crippen LogP contribution is -2.58. The highest BCUT2D eigenvalue weighted by molar-refractivity contribution is 5.97. The number of nitrogens with one attached hydrogen (secondary N) is 8. The average molecular weight is 986 g/mol. The van der Waals surface area contributed by atoms with Crippen molar-refractivity contribution in [3.63, 3.8) is 0 Å². The Morgan fingerprint density at radius 2 is 1.06 bits per heavy atom. The molecule has 9 atom stereocenters. The number of carboxylic acids is 1. The maximum atomic E-state index is 13.8. The molecule has 4 aliphatic rings. The number of nitrogens with two attached hydrogens (primary N) is 1. The number of hydrogen-bond donors (Lipinski definition) is 10. The molecule has 2 aliphatic carbocycles. The van der Waals surface area contributed by atoms with Crippen LogP contribution in [0.4, 0.5) is 0 Å². The maximum absolute atomic E-state index is 13.8. The molecule has 3 unspecified atom stereocenters. The first kappa shape index (κ1) is 56.5. The number of rotatable bonds is 26. The Morgan fingerprint density at radius 3 is 1.53 bits per heavy atom. The smallest absolute Gasteiger partial charge is 0.322 e. The Morgan fingerprint density at radius 1 is 0.571 bits per heavy atom. The Balaban J connectivity index is 1.24. The quantitative estimate of drug-likeness (QED) is 0.0325. The predicted molar refractivity (Wildman–Crippen MR) is 253 cm³/mol. The lowest BCUT2D eigenvalue weighted by Gasteiger charge is -2.31. The third-order valence-corrected chi connectivity index (χ3v) is 13.3. The fraction of sp³-hybridized carbons (Fsp3) is 0.723. The van der Waals surface area contributed by atoms with E-state index in [9.17, 15) is 52.7 Å². The minimum absolute atomic E-state index is 0.160. The summed E-state index contributed by atoms with van der Waals surface area (Å²) >= 11 is 0. The minimum Gasteiger partial charge on any atom is -0.480 e. The van der Waals surface area contributed by atoms with Crippen molar-refractivity contribution in [2.45, 2.75) is 136 Å². The van der Waals surface area contributed by atoms with Crippen molar-refractivity contribution in [1.29, 1.82) is 0 Å². The fourth-order valence-electron chi connectivity index (χ4n) is 9.46. The molecule has 2 aliphatic heterocycles. The molecule has 3 fully saturated rings. The van der Waals surface area contributed by atoms with Gasteiger partial charge in [0.15, 0.2) is 0 Å². The van der Waals surface area contributed by atoms with Crippen molar-refractivity contribution >= 4 is 65.0 Å². The number of allylic oxidation sites excluding steroid dienone is 2. The molecular formula is C47H75N11O12. The molecule has 4 rings (SSSR count). The molecule has 0 aromatic heterocycles. The van der Waals surface area contributed by atoms with Gasteiger partial charge in [-0.1, -0.05) is 53.7 Å². The summed E-state index contributed by atoms with van der Waals surface area (Å²) in [6.07, 6.45) is 8.79. The van der Waals surface area contributed by atoms with Gasteiger partial charge in [-0.05, 0) is 93.9 Å². The molecule has 1 saturated carbocycles. The van der Waals surface area contributed by atoms with E-state index in [4.69, 9.17) is 10.8 Å². The number of fused-ring (bicyclic) bond motifs is 2. The third-order valence-electron chi connectivity index (χ3n) is 13.3. The van der Waals surface area contributed by atoms with E-state index in [0.717, 1.165) is 12.8 Å². The largest absolute Gasteiger partial charge is 0.480 e. The Kier molecular flexibility index (Phi) is 21.6. The third kappa shape index (κ3) is 16.0. The van der Waals surface area contributed by atoms with Crippen molar-refractivity contribution in [3.8, 4) is 0 Å². The van der Waals surface area contributed by atoms with Gasteiger partial charge in [0.25, 0.3) is 0 Å². The van der Waals surface area contributed by atoms with Gasteiger partial charge in [-0.25, -0.2) is 0 Å². The minimum atomic E-state index is -1.26. The molecular weight excluding hydrogens is 911 g/mol. The van der Waals surface area contributed by atoms with Crippen LogP contribution in [0.2, 0.25) is 0 Å². The van der Waals surface area contributed by atoms with Gasteiger partial charge in [0, 0.05) is 19.0 Å². The first-order chi connectivity index (χ1) is 33.1. The predicted octanol–water partition coefficient (Wildman–Crippen LogP) is -2.23. The molecule has 10 amide bonds. The number of carbonyl (C=O) groups is 11. The standard InChI is InChI=1S/C47H75N11O12/c1-25(2)38(54-35(60)22-50-44(67)33-13-10-18-58(33)47(70)40(27(5)6)56-41(64)30-20-28-14-15-29(30)19-28)45(68)51-23-36(61)55-39(26(3)4)46(69)57-17-9-12-32(57)43(66)49-21-34(59)53-31(11-7-8-16-48)42(65)52-24-37(62)63/h14-15,25-33,38-40H,7-13,16-24,48H2,1-6H3,(H,49,66)(H,50,67)(H,51,68)(H,52,65)(H,53,59)(H,54,60)(H,55,61)(H,56,64)(H,62,63)/t28?,29?,30?,31-,32-,33-,38-,39-,40-/m0/s1. The van der Waals surface area contributed by atoms with Crippen LogP contribution in [0.5, 0.6) is 0 Å². The van der Waals surface area contributed by atoms with Gasteiger partial charge >= 0.3 is 5.97 Å². The first-order valence-electron chi connectivity index (χ1n) is 24.6. The van der Waals surface area contributed by atoms with Crippen molar-refractivity contribution < 1.29 is 57.8 Å². The molecule has 11 N–H and O–H groups in total. The SMILES string of the molecule is CC(C)[C@H](NC(=O)CNC(=O)[C@@H]1CCCN1C(=O)[C@@H](NC(=O)C1CC2C=CC1C2)C(C)C)C(=O)NCC(=O)N[C@H](C(=O)N1CCC[C@H]1C(=O)NCC(=O)N[C@@H](CCCCN)C(=O)NCC(=O)O)C(C)C. The molecule has 70 heavy (non-hydrogen) atoms. The number of likely N-dealkylation sites (tertiary alicyclic amines) is 2. The van der Waals surface area contributed by atoms with Crippen LogP contribution >= 0.6 is 0 Å². The second kappa shape index (κ2) is 26.7. The monoisotopic (exact) mass is 986 g/mol. The molecule has 2 heterocycles. The number of carboxylic acid groups (broad SMARTS) is 1. The zero-order valence-corrected chi connectivity index (χ0v) is 41.3. The van der Waals surface area contributed by atoms with Gasteiger partial charge in [-0.15, -0.1) is 0 Å². The maximum Gasteiger partial charge on any atom is 0.322 e. The number of carbonyl (C=O) groups excluding carboxylic acids is 10. The van der Waals surface area contributed by atoms with Crippen LogP contribution in [0.1, 0.15) is 99.3 Å². The normalized spacial score (nSPS) is 21.9. The van der Waals surface area contributed by atoms with Crippen LogP contribution < -0.4 is 48.3 Å². The molecule has 390 valence electrons. The summed E-state index contributed by atoms with van der Waals surface area (Å²) in [6.45, 7) is 9.04. The topological polar surface area (TPSA) is 337 Å². The van der Waals surface area contributed by atoms with Crippen molar-refractivity contribution in [2.75, 3.05) is 45.8 Å². The second-order valence-electron chi connectivity index (χ2n) is 19.7. The summed E-state index contributed by atoms with van der Waals surface area (Å²) in [5.74, 6) is -7.81. The Hall–Kier alpha value is -6.13. The number of hydrogen-bond acceptors (Lipinski definition) is 12. The van der Waals surface area contributed by atoms with Crippen molar-refractivity contribution in [1.82, 2.24) is 52.3 Å². The highest BCUT2D eigenvalue weighted by Crippen LogP contribution is 2.43. The average Bonchev–Trinajstić information content (AvgIpc) is 4.16. The van der Waals surface area contributed by atoms with E-state index in [1.54, 1.807) is 27.7 Å². The van der Waals surface area contributed by atoms with E-state index in [1.165, 1.54) is 9.80 Å². The summed E-state index contributed by atoms with van der Waals surface area (Å²) in [4.78, 5) is 146. The Bertz CT molecular complexity index is 1980. The van der Waals surface area contributed by atoms with E-state index in [2.05, 4.69) is 54.7 Å². The zero-order valence-electron chi connectivity index (χ0n) is 41.3. The highest BCUT2D eigenvalue weighted by atomic mass is 16.4. The summed E-state index contributed by atoms with van der Waals surface area (Å²) in [5, 5.41) is 29.4. The fourth-order valence-corrected chi connectivity index (χ4v) is 9.46. The van der Waals surface area contributed by atoms with Gasteiger partial charge in [-0.2, -0.15) is 0 Å². The number of unbranched alkanes of at least 4 members (excludes halogenated alkanes) is 1. The Labute approximate surface area is 409 Å². The van der Waals surface area contributed by atoms with Crippen molar-refractivity contribution in [3.05, 3.63) is 12.2 Å². The lowest BCUT2D eigenvalue weighted by atomic mass is 9.91. The van der Waals surface area contributed by atoms with Crippen LogP contribution in [-0.4, -0.2) is 162 Å². The molecule has 2 saturated heterocycles. The summed E-state index contributed by atoms with van der Waals surface area (Å²) in [5.41, 5.74) is 5.53. The zero-order chi connectivity index (χ0) is 51.8. The summed E-state index contributed by atoms with van der Waals surface area (Å²) in [6, 6.07) is -5.93. The molecule has 0 radical (unpaired) electrons. The number of aliphatic carboxylic acids is 1. The summed E-state index contributed by atoms with van der Waals surface area (Å²) < 4.78 is 0. The van der Waals surface area contributed by atoms with Crippen LogP contribution in [0, 0.1) is 35.5 Å².